The normalized spacial score (nSPS) is 16.2. The van der Waals surface area contributed by atoms with Crippen molar-refractivity contribution in [1.82, 2.24) is 4.31 Å². The molecular weight excluding hydrogens is 546 g/mol. The molecule has 3 aromatic rings. The first-order valence-corrected chi connectivity index (χ1v) is 15.0. The molecule has 2 aliphatic rings. The third kappa shape index (κ3) is 7.31. The van der Waals surface area contributed by atoms with Crippen LogP contribution >= 0.6 is 0 Å². The van der Waals surface area contributed by atoms with Gasteiger partial charge in [0.2, 0.25) is 10.0 Å². The van der Waals surface area contributed by atoms with Gasteiger partial charge in [-0.05, 0) is 34.9 Å². The van der Waals surface area contributed by atoms with Gasteiger partial charge in [0.15, 0.2) is 6.61 Å². The summed E-state index contributed by atoms with van der Waals surface area (Å²) in [5.74, 6) is -1.10. The van der Waals surface area contributed by atoms with Gasteiger partial charge in [0.05, 0.1) is 49.1 Å². The first-order valence-electron chi connectivity index (χ1n) is 13.5. The molecule has 216 valence electrons. The molecule has 0 aliphatic carbocycles. The molecule has 0 radical (unpaired) electrons. The summed E-state index contributed by atoms with van der Waals surface area (Å²) in [6.45, 7) is 2.92. The predicted molar refractivity (Wildman–Crippen MR) is 154 cm³/mol. The van der Waals surface area contributed by atoms with Crippen LogP contribution in [0.25, 0.3) is 11.1 Å². The monoisotopic (exact) mass is 579 g/mol. The van der Waals surface area contributed by atoms with Gasteiger partial charge in [0, 0.05) is 26.2 Å². The number of morpholine rings is 2. The van der Waals surface area contributed by atoms with Crippen molar-refractivity contribution in [2.75, 3.05) is 69.4 Å². The minimum Gasteiger partial charge on any atom is -0.455 e. The predicted octanol–water partition coefficient (Wildman–Crippen LogP) is 2.94. The van der Waals surface area contributed by atoms with Crippen molar-refractivity contribution in [3.05, 3.63) is 78.4 Å². The minimum absolute atomic E-state index is 0.0225. The summed E-state index contributed by atoms with van der Waals surface area (Å²) in [7, 11) is -3.78. The quantitative estimate of drug-likeness (QED) is 0.385. The third-order valence-corrected chi connectivity index (χ3v) is 8.87. The van der Waals surface area contributed by atoms with Gasteiger partial charge < -0.3 is 24.4 Å². The van der Waals surface area contributed by atoms with E-state index in [9.17, 15) is 18.0 Å². The molecule has 1 N–H and O–H groups in total. The Kier molecular flexibility index (Phi) is 9.30. The van der Waals surface area contributed by atoms with E-state index in [2.05, 4.69) is 5.32 Å². The average molecular weight is 580 g/mol. The molecule has 0 aromatic heterocycles. The SMILES string of the molecule is O=C(COC(=O)Cc1ccc(-c2ccccc2)cc1)Nc1cc(S(=O)(=O)N2CCOCC2)ccc1N1CCOCC1. The number of benzene rings is 3. The molecule has 2 heterocycles. The van der Waals surface area contributed by atoms with Crippen LogP contribution in [0.3, 0.4) is 0 Å². The summed E-state index contributed by atoms with van der Waals surface area (Å²) in [4.78, 5) is 27.4. The van der Waals surface area contributed by atoms with E-state index >= 15 is 0 Å². The number of rotatable bonds is 9. The molecule has 2 saturated heterocycles. The van der Waals surface area contributed by atoms with E-state index < -0.39 is 28.5 Å². The molecule has 11 heteroatoms. The molecule has 0 atom stereocenters. The highest BCUT2D eigenvalue weighted by molar-refractivity contribution is 7.89. The summed E-state index contributed by atoms with van der Waals surface area (Å²) in [6, 6.07) is 22.2. The topological polar surface area (TPSA) is 114 Å². The van der Waals surface area contributed by atoms with E-state index in [0.717, 1.165) is 16.7 Å². The first-order chi connectivity index (χ1) is 19.9. The standard InChI is InChI=1S/C30H33N3O7S/c34-29(22-40-30(35)20-23-6-8-25(9-7-23)24-4-2-1-3-5-24)31-27-21-26(41(36,37)33-14-18-39-19-15-33)10-11-28(27)32-12-16-38-17-13-32/h1-11,21H,12-20,22H2,(H,31,34). The van der Waals surface area contributed by atoms with Crippen LogP contribution in [0, 0.1) is 0 Å². The van der Waals surface area contributed by atoms with E-state index in [1.807, 2.05) is 59.5 Å². The number of hydrogen-bond acceptors (Lipinski definition) is 8. The Morgan fingerprint density at radius 2 is 1.44 bits per heavy atom. The van der Waals surface area contributed by atoms with Crippen LogP contribution in [0.1, 0.15) is 5.56 Å². The summed E-state index contributed by atoms with van der Waals surface area (Å²) in [5.41, 5.74) is 3.89. The van der Waals surface area contributed by atoms with E-state index in [1.165, 1.54) is 10.4 Å². The molecule has 10 nitrogen and oxygen atoms in total. The lowest BCUT2D eigenvalue weighted by Crippen LogP contribution is -2.40. The molecular formula is C30H33N3O7S. The Bertz CT molecular complexity index is 1450. The van der Waals surface area contributed by atoms with Crippen LogP contribution in [0.4, 0.5) is 11.4 Å². The fourth-order valence-electron chi connectivity index (χ4n) is 4.79. The van der Waals surface area contributed by atoms with Crippen molar-refractivity contribution in [1.29, 1.82) is 0 Å². The van der Waals surface area contributed by atoms with Crippen LogP contribution in [0.5, 0.6) is 0 Å². The van der Waals surface area contributed by atoms with Gasteiger partial charge in [-0.1, -0.05) is 54.6 Å². The van der Waals surface area contributed by atoms with Crippen LogP contribution in [0.15, 0.2) is 77.7 Å². The van der Waals surface area contributed by atoms with Gasteiger partial charge in [-0.25, -0.2) is 8.42 Å². The average Bonchev–Trinajstić information content (AvgIpc) is 3.02. The summed E-state index contributed by atoms with van der Waals surface area (Å²) in [6.07, 6.45) is 0.0225. The molecule has 5 rings (SSSR count). The van der Waals surface area contributed by atoms with Gasteiger partial charge in [0.1, 0.15) is 0 Å². The van der Waals surface area contributed by atoms with Crippen molar-refractivity contribution in [2.24, 2.45) is 0 Å². The Morgan fingerprint density at radius 1 is 0.805 bits per heavy atom. The zero-order valence-electron chi connectivity index (χ0n) is 22.7. The number of ether oxygens (including phenoxy) is 3. The lowest BCUT2D eigenvalue weighted by molar-refractivity contribution is -0.146. The smallest absolute Gasteiger partial charge is 0.310 e. The van der Waals surface area contributed by atoms with Gasteiger partial charge in [-0.2, -0.15) is 4.31 Å². The van der Waals surface area contributed by atoms with Gasteiger partial charge >= 0.3 is 5.97 Å². The van der Waals surface area contributed by atoms with E-state index in [-0.39, 0.29) is 24.4 Å². The maximum atomic E-state index is 13.3. The highest BCUT2D eigenvalue weighted by Crippen LogP contribution is 2.31. The number of esters is 1. The number of sulfonamides is 1. The summed E-state index contributed by atoms with van der Waals surface area (Å²) >= 11 is 0. The summed E-state index contributed by atoms with van der Waals surface area (Å²) < 4.78 is 43.9. The number of hydrogen-bond donors (Lipinski definition) is 1. The van der Waals surface area contributed by atoms with Crippen molar-refractivity contribution in [3.8, 4) is 11.1 Å². The number of carbonyl (C=O) groups excluding carboxylic acids is 2. The number of nitrogens with zero attached hydrogens (tertiary/aromatic N) is 2. The maximum Gasteiger partial charge on any atom is 0.310 e. The number of amides is 1. The van der Waals surface area contributed by atoms with Gasteiger partial charge in [-0.15, -0.1) is 0 Å². The molecule has 2 aliphatic heterocycles. The third-order valence-electron chi connectivity index (χ3n) is 6.98. The van der Waals surface area contributed by atoms with Crippen LogP contribution < -0.4 is 10.2 Å². The molecule has 2 fully saturated rings. The number of nitrogens with one attached hydrogen (secondary N) is 1. The fraction of sp³-hybridized carbons (Fsp3) is 0.333. The zero-order valence-corrected chi connectivity index (χ0v) is 23.5. The number of carbonyl (C=O) groups is 2. The van der Waals surface area contributed by atoms with Crippen LogP contribution in [-0.4, -0.2) is 83.8 Å². The molecule has 0 unspecified atom stereocenters. The highest BCUT2D eigenvalue weighted by Gasteiger charge is 2.28. The van der Waals surface area contributed by atoms with Gasteiger partial charge in [-0.3, -0.25) is 9.59 Å². The van der Waals surface area contributed by atoms with E-state index in [1.54, 1.807) is 12.1 Å². The fourth-order valence-corrected chi connectivity index (χ4v) is 6.22. The Labute approximate surface area is 239 Å². The van der Waals surface area contributed by atoms with Gasteiger partial charge in [0.25, 0.3) is 5.91 Å². The van der Waals surface area contributed by atoms with E-state index in [4.69, 9.17) is 14.2 Å². The van der Waals surface area contributed by atoms with E-state index in [0.29, 0.717) is 50.9 Å². The van der Waals surface area contributed by atoms with Crippen LogP contribution in [0.2, 0.25) is 0 Å². The first kappa shape index (κ1) is 28.7. The molecule has 0 spiro atoms. The second-order valence-corrected chi connectivity index (χ2v) is 11.7. The molecule has 3 aromatic carbocycles. The Morgan fingerprint density at radius 3 is 2.12 bits per heavy atom. The largest absolute Gasteiger partial charge is 0.455 e. The van der Waals surface area contributed by atoms with Crippen molar-refractivity contribution in [3.63, 3.8) is 0 Å². The number of anilines is 2. The Hall–Kier alpha value is -3.77. The molecule has 41 heavy (non-hydrogen) atoms. The molecule has 1 amide bonds. The lowest BCUT2D eigenvalue weighted by Gasteiger charge is -2.31. The minimum atomic E-state index is -3.78. The lowest BCUT2D eigenvalue weighted by atomic mass is 10.0. The second kappa shape index (κ2) is 13.3. The summed E-state index contributed by atoms with van der Waals surface area (Å²) in [5, 5.41) is 2.76. The van der Waals surface area contributed by atoms with Crippen molar-refractivity contribution in [2.45, 2.75) is 11.3 Å². The highest BCUT2D eigenvalue weighted by atomic mass is 32.2. The van der Waals surface area contributed by atoms with Crippen molar-refractivity contribution < 1.29 is 32.2 Å². The van der Waals surface area contributed by atoms with Crippen molar-refractivity contribution >= 4 is 33.3 Å². The molecule has 0 saturated carbocycles. The van der Waals surface area contributed by atoms with Crippen LogP contribution in [-0.2, 0) is 40.2 Å². The second-order valence-electron chi connectivity index (χ2n) is 9.74. The maximum absolute atomic E-state index is 13.3. The Balaban J connectivity index is 1.23. The zero-order chi connectivity index (χ0) is 28.7. The molecule has 0 bridgehead atoms.